The maximum absolute atomic E-state index is 5.25. The molecule has 0 unspecified atom stereocenters. The van der Waals surface area contributed by atoms with Gasteiger partial charge < -0.3 is 4.74 Å². The molecule has 4 heteroatoms. The fourth-order valence-electron chi connectivity index (χ4n) is 3.63. The minimum absolute atomic E-state index is 0.486. The molecule has 0 spiro atoms. The summed E-state index contributed by atoms with van der Waals surface area (Å²) >= 11 is 0. The molecule has 4 nitrogen and oxygen atoms in total. The zero-order chi connectivity index (χ0) is 13.1. The van der Waals surface area contributed by atoms with Gasteiger partial charge >= 0.3 is 0 Å². The van der Waals surface area contributed by atoms with Crippen molar-refractivity contribution in [3.05, 3.63) is 18.0 Å². The van der Waals surface area contributed by atoms with Crippen LogP contribution in [0.5, 0.6) is 0 Å². The molecule has 1 aliphatic heterocycles. The van der Waals surface area contributed by atoms with E-state index in [0.29, 0.717) is 6.04 Å². The Balaban J connectivity index is 1.65. The van der Waals surface area contributed by atoms with Crippen LogP contribution in [0.4, 0.5) is 0 Å². The molecule has 0 aromatic carbocycles. The van der Waals surface area contributed by atoms with Crippen LogP contribution in [0.15, 0.2) is 12.3 Å². The molecule has 0 radical (unpaired) electrons. The summed E-state index contributed by atoms with van der Waals surface area (Å²) in [6.45, 7) is 4.30. The van der Waals surface area contributed by atoms with Crippen molar-refractivity contribution in [2.24, 2.45) is 5.92 Å². The molecule has 3 rings (SSSR count). The van der Waals surface area contributed by atoms with Crippen LogP contribution in [0.25, 0.3) is 0 Å². The van der Waals surface area contributed by atoms with Crippen molar-refractivity contribution in [2.45, 2.75) is 44.7 Å². The van der Waals surface area contributed by atoms with Crippen LogP contribution >= 0.6 is 0 Å². The van der Waals surface area contributed by atoms with Crippen LogP contribution in [0.2, 0.25) is 0 Å². The molecule has 0 saturated heterocycles. The van der Waals surface area contributed by atoms with E-state index in [1.54, 1.807) is 7.11 Å². The van der Waals surface area contributed by atoms with Crippen molar-refractivity contribution in [1.82, 2.24) is 14.7 Å². The van der Waals surface area contributed by atoms with Crippen LogP contribution in [0.3, 0.4) is 0 Å². The normalized spacial score (nSPS) is 24.8. The van der Waals surface area contributed by atoms with Gasteiger partial charge in [0.05, 0.1) is 11.7 Å². The Labute approximate surface area is 115 Å². The topological polar surface area (TPSA) is 30.3 Å². The summed E-state index contributed by atoms with van der Waals surface area (Å²) in [7, 11) is 1.78. The van der Waals surface area contributed by atoms with E-state index in [1.807, 2.05) is 6.20 Å². The summed E-state index contributed by atoms with van der Waals surface area (Å²) in [5.41, 5.74) is 1.37. The monoisotopic (exact) mass is 263 g/mol. The SMILES string of the molecule is COCC[C@@H]1CN(CC2CCCC2)Cc2ccnn21. The Bertz CT molecular complexity index is 398. The Morgan fingerprint density at radius 3 is 3.00 bits per heavy atom. The fraction of sp³-hybridized carbons (Fsp3) is 0.800. The summed E-state index contributed by atoms with van der Waals surface area (Å²) in [4.78, 5) is 2.63. The number of ether oxygens (including phenoxy) is 1. The van der Waals surface area contributed by atoms with Gasteiger partial charge in [0, 0.05) is 39.5 Å². The Hall–Kier alpha value is -0.870. The number of fused-ring (bicyclic) bond motifs is 1. The number of aromatic nitrogens is 2. The molecule has 1 fully saturated rings. The third-order valence-corrected chi connectivity index (χ3v) is 4.60. The van der Waals surface area contributed by atoms with Crippen molar-refractivity contribution >= 4 is 0 Å². The second-order valence-corrected chi connectivity index (χ2v) is 6.05. The first-order valence-corrected chi connectivity index (χ1v) is 7.60. The minimum Gasteiger partial charge on any atom is -0.385 e. The molecule has 106 valence electrons. The van der Waals surface area contributed by atoms with Gasteiger partial charge in [-0.15, -0.1) is 0 Å². The zero-order valence-corrected chi connectivity index (χ0v) is 11.9. The predicted molar refractivity (Wildman–Crippen MR) is 75.0 cm³/mol. The first kappa shape index (κ1) is 13.1. The predicted octanol–water partition coefficient (Wildman–Crippen LogP) is 2.47. The number of rotatable bonds is 5. The van der Waals surface area contributed by atoms with Crippen molar-refractivity contribution < 1.29 is 4.74 Å². The Kier molecular flexibility index (Phi) is 4.18. The van der Waals surface area contributed by atoms with Gasteiger partial charge in [-0.1, -0.05) is 12.8 Å². The van der Waals surface area contributed by atoms with E-state index in [2.05, 4.69) is 20.7 Å². The zero-order valence-electron chi connectivity index (χ0n) is 11.9. The van der Waals surface area contributed by atoms with Crippen LogP contribution in [0, 0.1) is 5.92 Å². The summed E-state index contributed by atoms with van der Waals surface area (Å²) in [6, 6.07) is 2.65. The lowest BCUT2D eigenvalue weighted by molar-refractivity contribution is 0.118. The molecule has 0 bridgehead atoms. The molecule has 19 heavy (non-hydrogen) atoms. The number of hydrogen-bond acceptors (Lipinski definition) is 3. The van der Waals surface area contributed by atoms with E-state index >= 15 is 0 Å². The quantitative estimate of drug-likeness (QED) is 0.817. The third-order valence-electron chi connectivity index (χ3n) is 4.60. The maximum atomic E-state index is 5.25. The van der Waals surface area contributed by atoms with Gasteiger partial charge in [0.1, 0.15) is 0 Å². The van der Waals surface area contributed by atoms with E-state index in [4.69, 9.17) is 4.74 Å². The summed E-state index contributed by atoms with van der Waals surface area (Å²) in [5, 5.41) is 4.49. The first-order chi connectivity index (χ1) is 9.36. The van der Waals surface area contributed by atoms with Gasteiger partial charge in [0.25, 0.3) is 0 Å². The lowest BCUT2D eigenvalue weighted by Crippen LogP contribution is -2.40. The van der Waals surface area contributed by atoms with Crippen LogP contribution in [-0.4, -0.2) is 41.5 Å². The smallest absolute Gasteiger partial charge is 0.0671 e. The van der Waals surface area contributed by atoms with Gasteiger partial charge in [-0.25, -0.2) is 0 Å². The van der Waals surface area contributed by atoms with Crippen LogP contribution < -0.4 is 0 Å². The molecule has 0 N–H and O–H groups in total. The van der Waals surface area contributed by atoms with E-state index in [9.17, 15) is 0 Å². The van der Waals surface area contributed by atoms with Gasteiger partial charge in [-0.05, 0) is 31.2 Å². The van der Waals surface area contributed by atoms with Gasteiger partial charge in [0.15, 0.2) is 0 Å². The molecule has 2 heterocycles. The van der Waals surface area contributed by atoms with Gasteiger partial charge in [-0.3, -0.25) is 9.58 Å². The summed E-state index contributed by atoms with van der Waals surface area (Å²) < 4.78 is 7.46. The molecule has 1 aromatic heterocycles. The maximum Gasteiger partial charge on any atom is 0.0671 e. The standard InChI is InChI=1S/C15H25N3O/c1-19-9-7-15-12-17(10-13-4-2-3-5-13)11-14-6-8-16-18(14)15/h6,8,13,15H,2-5,7,9-12H2,1H3/t15-/m1/s1. The second kappa shape index (κ2) is 6.06. The lowest BCUT2D eigenvalue weighted by Gasteiger charge is -2.35. The molecule has 1 atom stereocenters. The first-order valence-electron chi connectivity index (χ1n) is 7.60. The summed E-state index contributed by atoms with van der Waals surface area (Å²) in [5.74, 6) is 0.928. The second-order valence-electron chi connectivity index (χ2n) is 6.05. The average Bonchev–Trinajstić information content (AvgIpc) is 3.06. The highest BCUT2D eigenvalue weighted by atomic mass is 16.5. The van der Waals surface area contributed by atoms with Crippen LogP contribution in [-0.2, 0) is 11.3 Å². The lowest BCUT2D eigenvalue weighted by atomic mass is 10.1. The van der Waals surface area contributed by atoms with E-state index in [-0.39, 0.29) is 0 Å². The van der Waals surface area contributed by atoms with Crippen LogP contribution in [0.1, 0.15) is 43.8 Å². The van der Waals surface area contributed by atoms with E-state index < -0.39 is 0 Å². The molecular weight excluding hydrogens is 238 g/mol. The van der Waals surface area contributed by atoms with Crippen molar-refractivity contribution in [2.75, 3.05) is 26.8 Å². The molecular formula is C15H25N3O. The van der Waals surface area contributed by atoms with Crippen molar-refractivity contribution in [3.8, 4) is 0 Å². The van der Waals surface area contributed by atoms with E-state index in [0.717, 1.165) is 32.0 Å². The number of methoxy groups -OCH3 is 1. The minimum atomic E-state index is 0.486. The van der Waals surface area contributed by atoms with Crippen molar-refractivity contribution in [1.29, 1.82) is 0 Å². The van der Waals surface area contributed by atoms with E-state index in [1.165, 1.54) is 37.9 Å². The highest BCUT2D eigenvalue weighted by molar-refractivity contribution is 5.05. The highest BCUT2D eigenvalue weighted by Gasteiger charge is 2.27. The van der Waals surface area contributed by atoms with Gasteiger partial charge in [-0.2, -0.15) is 5.10 Å². The largest absolute Gasteiger partial charge is 0.385 e. The third kappa shape index (κ3) is 3.00. The molecule has 0 amide bonds. The molecule has 1 aromatic rings. The fourth-order valence-corrected chi connectivity index (χ4v) is 3.63. The Morgan fingerprint density at radius 2 is 2.21 bits per heavy atom. The van der Waals surface area contributed by atoms with Gasteiger partial charge in [0.2, 0.25) is 0 Å². The number of hydrogen-bond donors (Lipinski definition) is 0. The number of nitrogens with zero attached hydrogens (tertiary/aromatic N) is 3. The summed E-state index contributed by atoms with van der Waals surface area (Å²) in [6.07, 6.45) is 8.73. The molecule has 2 aliphatic rings. The van der Waals surface area contributed by atoms with Crippen molar-refractivity contribution in [3.63, 3.8) is 0 Å². The highest BCUT2D eigenvalue weighted by Crippen LogP contribution is 2.29. The average molecular weight is 263 g/mol. The molecule has 1 aliphatic carbocycles. The Morgan fingerprint density at radius 1 is 1.37 bits per heavy atom. The molecule has 1 saturated carbocycles.